The first kappa shape index (κ1) is 15.9. The summed E-state index contributed by atoms with van der Waals surface area (Å²) in [5.74, 6) is -1.41. The van der Waals surface area contributed by atoms with E-state index >= 15 is 0 Å². The SMILES string of the molecule is CC(CO)NC(=O)c1cn(C2CC2)c2nc(Cl)c(F)cc2c1=O. The van der Waals surface area contributed by atoms with Gasteiger partial charge in [-0.1, -0.05) is 11.6 Å². The Labute approximate surface area is 135 Å². The molecule has 3 rings (SSSR count). The number of carbonyl (C=O) groups excluding carboxylic acids is 1. The molecule has 1 amide bonds. The zero-order chi connectivity index (χ0) is 16.7. The third kappa shape index (κ3) is 2.94. The van der Waals surface area contributed by atoms with Gasteiger partial charge in [0.15, 0.2) is 11.0 Å². The fraction of sp³-hybridized carbons (Fsp3) is 0.400. The van der Waals surface area contributed by atoms with Gasteiger partial charge >= 0.3 is 0 Å². The maximum absolute atomic E-state index is 13.7. The number of nitrogens with zero attached hydrogens (tertiary/aromatic N) is 2. The van der Waals surface area contributed by atoms with Gasteiger partial charge in [0.05, 0.1) is 12.0 Å². The molecule has 8 heteroatoms. The molecule has 1 aliphatic carbocycles. The van der Waals surface area contributed by atoms with Gasteiger partial charge in [-0.2, -0.15) is 0 Å². The van der Waals surface area contributed by atoms with Crippen molar-refractivity contribution in [3.63, 3.8) is 0 Å². The normalized spacial score (nSPS) is 15.7. The second-order valence-corrected chi connectivity index (χ2v) is 6.06. The Kier molecular flexibility index (Phi) is 4.08. The lowest BCUT2D eigenvalue weighted by molar-refractivity contribution is 0.0920. The molecule has 122 valence electrons. The number of nitrogens with one attached hydrogen (secondary N) is 1. The summed E-state index contributed by atoms with van der Waals surface area (Å²) in [6.45, 7) is 1.36. The Morgan fingerprint density at radius 1 is 1.61 bits per heavy atom. The summed E-state index contributed by atoms with van der Waals surface area (Å²) in [7, 11) is 0. The predicted molar refractivity (Wildman–Crippen MR) is 83.3 cm³/mol. The fourth-order valence-corrected chi connectivity index (χ4v) is 2.50. The van der Waals surface area contributed by atoms with Crippen LogP contribution >= 0.6 is 11.6 Å². The van der Waals surface area contributed by atoms with Crippen LogP contribution in [0.4, 0.5) is 4.39 Å². The summed E-state index contributed by atoms with van der Waals surface area (Å²) >= 11 is 5.72. The smallest absolute Gasteiger partial charge is 0.257 e. The summed E-state index contributed by atoms with van der Waals surface area (Å²) < 4.78 is 15.4. The fourth-order valence-electron chi connectivity index (χ4n) is 2.37. The number of rotatable bonds is 4. The van der Waals surface area contributed by atoms with Crippen molar-refractivity contribution < 1.29 is 14.3 Å². The van der Waals surface area contributed by atoms with Crippen molar-refractivity contribution in [2.75, 3.05) is 6.61 Å². The second kappa shape index (κ2) is 5.90. The summed E-state index contributed by atoms with van der Waals surface area (Å²) in [4.78, 5) is 28.7. The molecule has 6 nitrogen and oxygen atoms in total. The second-order valence-electron chi connectivity index (χ2n) is 5.70. The van der Waals surface area contributed by atoms with Gasteiger partial charge in [-0.15, -0.1) is 0 Å². The highest BCUT2D eigenvalue weighted by Crippen LogP contribution is 2.36. The van der Waals surface area contributed by atoms with E-state index in [0.717, 1.165) is 18.9 Å². The third-order valence-electron chi connectivity index (χ3n) is 3.75. The van der Waals surface area contributed by atoms with Crippen molar-refractivity contribution in [2.24, 2.45) is 0 Å². The summed E-state index contributed by atoms with van der Waals surface area (Å²) in [5, 5.41) is 11.2. The molecule has 1 saturated carbocycles. The molecule has 1 aliphatic rings. The molecule has 0 aromatic carbocycles. The Balaban J connectivity index is 2.20. The molecule has 2 aromatic heterocycles. The standard InChI is InChI=1S/C15H15ClFN3O3/c1-7(6-21)18-15(23)10-5-20(8-2-3-8)14-9(12(10)22)4-11(17)13(16)19-14/h4-5,7-8,21H,2-3,6H2,1H3,(H,18,23). The minimum Gasteiger partial charge on any atom is -0.394 e. The maximum Gasteiger partial charge on any atom is 0.257 e. The number of hydrogen-bond acceptors (Lipinski definition) is 4. The average Bonchev–Trinajstić information content (AvgIpc) is 3.34. The number of carbonyl (C=O) groups is 1. The largest absolute Gasteiger partial charge is 0.394 e. The molecule has 0 saturated heterocycles. The molecular weight excluding hydrogens is 325 g/mol. The zero-order valence-electron chi connectivity index (χ0n) is 12.3. The van der Waals surface area contributed by atoms with Gasteiger partial charge in [-0.3, -0.25) is 9.59 Å². The van der Waals surface area contributed by atoms with Crippen LogP contribution in [0, 0.1) is 5.82 Å². The molecule has 1 fully saturated rings. The topological polar surface area (TPSA) is 84.2 Å². The van der Waals surface area contributed by atoms with E-state index < -0.39 is 23.2 Å². The number of hydrogen-bond donors (Lipinski definition) is 2. The quantitative estimate of drug-likeness (QED) is 0.829. The van der Waals surface area contributed by atoms with E-state index in [0.29, 0.717) is 0 Å². The first-order chi connectivity index (χ1) is 10.9. The van der Waals surface area contributed by atoms with Gasteiger partial charge in [0.25, 0.3) is 5.91 Å². The molecular formula is C15H15ClFN3O3. The van der Waals surface area contributed by atoms with E-state index in [1.807, 2.05) is 0 Å². The molecule has 0 bridgehead atoms. The monoisotopic (exact) mass is 339 g/mol. The Morgan fingerprint density at radius 3 is 2.91 bits per heavy atom. The van der Waals surface area contributed by atoms with Crippen LogP contribution < -0.4 is 10.7 Å². The number of aromatic nitrogens is 2. The van der Waals surface area contributed by atoms with Crippen LogP contribution in [0.2, 0.25) is 5.15 Å². The number of fused-ring (bicyclic) bond motifs is 1. The predicted octanol–water partition coefficient (Wildman–Crippen LogP) is 1.63. The lowest BCUT2D eigenvalue weighted by Gasteiger charge is -2.14. The van der Waals surface area contributed by atoms with Crippen LogP contribution in [0.25, 0.3) is 11.0 Å². The van der Waals surface area contributed by atoms with Gasteiger partial charge in [-0.05, 0) is 25.8 Å². The first-order valence-electron chi connectivity index (χ1n) is 7.25. The molecule has 1 unspecified atom stereocenters. The van der Waals surface area contributed by atoms with Crippen molar-refractivity contribution in [1.29, 1.82) is 0 Å². The number of pyridine rings is 2. The van der Waals surface area contributed by atoms with Gasteiger partial charge in [0.1, 0.15) is 11.2 Å². The maximum atomic E-state index is 13.7. The van der Waals surface area contributed by atoms with E-state index in [2.05, 4.69) is 10.3 Å². The van der Waals surface area contributed by atoms with Crippen molar-refractivity contribution in [3.05, 3.63) is 39.0 Å². The number of aliphatic hydroxyl groups excluding tert-OH is 1. The minimum atomic E-state index is -0.806. The first-order valence-corrected chi connectivity index (χ1v) is 7.62. The van der Waals surface area contributed by atoms with Crippen LogP contribution in [-0.2, 0) is 0 Å². The van der Waals surface area contributed by atoms with Gasteiger partial charge in [-0.25, -0.2) is 9.37 Å². The Hall–Kier alpha value is -1.99. The van der Waals surface area contributed by atoms with Crippen LogP contribution in [0.3, 0.4) is 0 Å². The number of halogens is 2. The lowest BCUT2D eigenvalue weighted by atomic mass is 10.1. The van der Waals surface area contributed by atoms with Gasteiger partial charge in [0, 0.05) is 18.3 Å². The minimum absolute atomic E-state index is 0.0168. The van der Waals surface area contributed by atoms with E-state index in [-0.39, 0.29) is 34.4 Å². The van der Waals surface area contributed by atoms with Crippen LogP contribution in [-0.4, -0.2) is 33.2 Å². The number of aliphatic hydroxyl groups is 1. The van der Waals surface area contributed by atoms with Crippen molar-refractivity contribution in [1.82, 2.24) is 14.9 Å². The summed E-state index contributed by atoms with van der Waals surface area (Å²) in [6.07, 6.45) is 3.22. The highest BCUT2D eigenvalue weighted by Gasteiger charge is 2.28. The number of amides is 1. The Morgan fingerprint density at radius 2 is 2.30 bits per heavy atom. The molecule has 23 heavy (non-hydrogen) atoms. The molecule has 0 radical (unpaired) electrons. The third-order valence-corrected chi connectivity index (χ3v) is 4.02. The highest BCUT2D eigenvalue weighted by molar-refractivity contribution is 6.29. The molecule has 2 aromatic rings. The van der Waals surface area contributed by atoms with E-state index in [1.165, 1.54) is 6.20 Å². The van der Waals surface area contributed by atoms with E-state index in [9.17, 15) is 14.0 Å². The Bertz CT molecular complexity index is 848. The van der Waals surface area contributed by atoms with Crippen LogP contribution in [0.15, 0.2) is 17.1 Å². The zero-order valence-corrected chi connectivity index (χ0v) is 13.1. The molecule has 2 N–H and O–H groups in total. The van der Waals surface area contributed by atoms with Crippen LogP contribution in [0.5, 0.6) is 0 Å². The van der Waals surface area contributed by atoms with Gasteiger partial charge < -0.3 is 15.0 Å². The van der Waals surface area contributed by atoms with E-state index in [1.54, 1.807) is 11.5 Å². The molecule has 2 heterocycles. The molecule has 1 atom stereocenters. The average molecular weight is 340 g/mol. The summed E-state index contributed by atoms with van der Waals surface area (Å²) in [6, 6.07) is 0.638. The van der Waals surface area contributed by atoms with Crippen molar-refractivity contribution >= 4 is 28.5 Å². The lowest BCUT2D eigenvalue weighted by Crippen LogP contribution is -2.38. The summed E-state index contributed by atoms with van der Waals surface area (Å²) in [5.41, 5.74) is -0.438. The molecule has 0 aliphatic heterocycles. The van der Waals surface area contributed by atoms with E-state index in [4.69, 9.17) is 16.7 Å². The van der Waals surface area contributed by atoms with Crippen molar-refractivity contribution in [2.45, 2.75) is 31.8 Å². The van der Waals surface area contributed by atoms with Crippen LogP contribution in [0.1, 0.15) is 36.2 Å². The molecule has 0 spiro atoms. The van der Waals surface area contributed by atoms with Gasteiger partial charge in [0.2, 0.25) is 5.43 Å². The van der Waals surface area contributed by atoms with Crippen molar-refractivity contribution in [3.8, 4) is 0 Å². The highest BCUT2D eigenvalue weighted by atomic mass is 35.5.